The lowest BCUT2D eigenvalue weighted by molar-refractivity contribution is 0.230. The SMILES string of the molecule is CCCC(NC(=O)NC(C)(C)C)C(N)=S. The van der Waals surface area contributed by atoms with Crippen molar-refractivity contribution in [1.82, 2.24) is 10.6 Å². The average Bonchev–Trinajstić information content (AvgIpc) is 1.99. The van der Waals surface area contributed by atoms with Crippen LogP contribution in [-0.2, 0) is 0 Å². The number of rotatable bonds is 4. The Morgan fingerprint density at radius 3 is 2.33 bits per heavy atom. The molecule has 0 aliphatic carbocycles. The molecule has 1 atom stereocenters. The quantitative estimate of drug-likeness (QED) is 0.643. The zero-order valence-electron chi connectivity index (χ0n) is 9.89. The van der Waals surface area contributed by atoms with E-state index in [1.54, 1.807) is 0 Å². The molecule has 0 rings (SSSR count). The topological polar surface area (TPSA) is 67.2 Å². The van der Waals surface area contributed by atoms with Crippen LogP contribution in [0.5, 0.6) is 0 Å². The molecular formula is C10H21N3OS. The van der Waals surface area contributed by atoms with Crippen LogP contribution in [0.15, 0.2) is 0 Å². The van der Waals surface area contributed by atoms with Crippen molar-refractivity contribution in [1.29, 1.82) is 0 Å². The fourth-order valence-corrected chi connectivity index (χ4v) is 1.29. The molecule has 2 amide bonds. The van der Waals surface area contributed by atoms with E-state index in [4.69, 9.17) is 18.0 Å². The zero-order valence-corrected chi connectivity index (χ0v) is 10.7. The third-order valence-electron chi connectivity index (χ3n) is 1.71. The molecule has 0 fully saturated rings. The number of hydrogen-bond donors (Lipinski definition) is 3. The van der Waals surface area contributed by atoms with E-state index in [0.717, 1.165) is 12.8 Å². The van der Waals surface area contributed by atoms with Gasteiger partial charge in [-0.2, -0.15) is 0 Å². The second-order valence-electron chi connectivity index (χ2n) is 4.59. The Kier molecular flexibility index (Phi) is 5.57. The van der Waals surface area contributed by atoms with Crippen molar-refractivity contribution in [3.63, 3.8) is 0 Å². The third-order valence-corrected chi connectivity index (χ3v) is 2.00. The maximum absolute atomic E-state index is 11.5. The molecule has 0 aromatic rings. The number of urea groups is 1. The highest BCUT2D eigenvalue weighted by molar-refractivity contribution is 7.80. The fraction of sp³-hybridized carbons (Fsp3) is 0.800. The van der Waals surface area contributed by atoms with Crippen LogP contribution in [0.2, 0.25) is 0 Å². The molecule has 0 aromatic heterocycles. The predicted octanol–water partition coefficient (Wildman–Crippen LogP) is 1.54. The van der Waals surface area contributed by atoms with Crippen LogP contribution in [0, 0.1) is 0 Å². The van der Waals surface area contributed by atoms with Gasteiger partial charge in [0.25, 0.3) is 0 Å². The van der Waals surface area contributed by atoms with Gasteiger partial charge in [0.15, 0.2) is 0 Å². The van der Waals surface area contributed by atoms with E-state index < -0.39 is 0 Å². The van der Waals surface area contributed by atoms with Crippen molar-refractivity contribution < 1.29 is 4.79 Å². The van der Waals surface area contributed by atoms with Crippen molar-refractivity contribution in [2.45, 2.75) is 52.1 Å². The minimum Gasteiger partial charge on any atom is -0.392 e. The lowest BCUT2D eigenvalue weighted by Gasteiger charge is -2.23. The molecule has 0 bridgehead atoms. The molecular weight excluding hydrogens is 210 g/mol. The molecule has 0 aromatic carbocycles. The highest BCUT2D eigenvalue weighted by atomic mass is 32.1. The smallest absolute Gasteiger partial charge is 0.315 e. The highest BCUT2D eigenvalue weighted by Crippen LogP contribution is 2.00. The van der Waals surface area contributed by atoms with E-state index in [0.29, 0.717) is 4.99 Å². The first kappa shape index (κ1) is 14.2. The van der Waals surface area contributed by atoms with Crippen molar-refractivity contribution >= 4 is 23.2 Å². The summed E-state index contributed by atoms with van der Waals surface area (Å²) in [5.41, 5.74) is 5.27. The zero-order chi connectivity index (χ0) is 12.1. The fourth-order valence-electron chi connectivity index (χ4n) is 1.11. The second kappa shape index (κ2) is 5.90. The van der Waals surface area contributed by atoms with Gasteiger partial charge in [0, 0.05) is 5.54 Å². The van der Waals surface area contributed by atoms with Gasteiger partial charge in [-0.05, 0) is 27.2 Å². The lowest BCUT2D eigenvalue weighted by Crippen LogP contribution is -2.52. The van der Waals surface area contributed by atoms with Crippen LogP contribution in [0.25, 0.3) is 0 Å². The van der Waals surface area contributed by atoms with Crippen molar-refractivity contribution in [3.05, 3.63) is 0 Å². The number of amides is 2. The minimum atomic E-state index is -0.253. The minimum absolute atomic E-state index is 0.215. The Bertz CT molecular complexity index is 235. The molecule has 0 aliphatic heterocycles. The number of hydrogen-bond acceptors (Lipinski definition) is 2. The summed E-state index contributed by atoms with van der Waals surface area (Å²) in [5, 5.41) is 5.56. The van der Waals surface area contributed by atoms with Gasteiger partial charge in [-0.1, -0.05) is 25.6 Å². The van der Waals surface area contributed by atoms with Crippen LogP contribution >= 0.6 is 12.2 Å². The molecule has 0 saturated carbocycles. The van der Waals surface area contributed by atoms with Gasteiger partial charge in [0.1, 0.15) is 0 Å². The van der Waals surface area contributed by atoms with E-state index in [1.807, 2.05) is 27.7 Å². The van der Waals surface area contributed by atoms with Gasteiger partial charge in [-0.15, -0.1) is 0 Å². The van der Waals surface area contributed by atoms with Crippen molar-refractivity contribution in [3.8, 4) is 0 Å². The molecule has 15 heavy (non-hydrogen) atoms. The van der Waals surface area contributed by atoms with E-state index in [2.05, 4.69) is 10.6 Å². The lowest BCUT2D eigenvalue weighted by atomic mass is 10.1. The third kappa shape index (κ3) is 7.13. The first-order valence-corrected chi connectivity index (χ1v) is 5.55. The first-order valence-electron chi connectivity index (χ1n) is 5.14. The number of thiocarbonyl (C=S) groups is 1. The number of carbonyl (C=O) groups is 1. The van der Waals surface area contributed by atoms with Gasteiger partial charge >= 0.3 is 6.03 Å². The Hall–Kier alpha value is -0.840. The summed E-state index contributed by atoms with van der Waals surface area (Å²) in [6.07, 6.45) is 1.70. The molecule has 4 N–H and O–H groups in total. The molecule has 88 valence electrons. The highest BCUT2D eigenvalue weighted by Gasteiger charge is 2.18. The predicted molar refractivity (Wildman–Crippen MR) is 66.9 cm³/mol. The van der Waals surface area contributed by atoms with Crippen LogP contribution < -0.4 is 16.4 Å². The van der Waals surface area contributed by atoms with E-state index in [9.17, 15) is 4.79 Å². The Labute approximate surface area is 97.0 Å². The standard InChI is InChI=1S/C10H21N3OS/c1-5-6-7(8(11)15)12-9(14)13-10(2,3)4/h7H,5-6H2,1-4H3,(H2,11,15)(H2,12,13,14). The van der Waals surface area contributed by atoms with Crippen LogP contribution in [-0.4, -0.2) is 22.6 Å². The molecule has 4 nitrogen and oxygen atoms in total. The average molecular weight is 231 g/mol. The van der Waals surface area contributed by atoms with Gasteiger partial charge in [0.05, 0.1) is 11.0 Å². The van der Waals surface area contributed by atoms with Crippen LogP contribution in [0.4, 0.5) is 4.79 Å². The second-order valence-corrected chi connectivity index (χ2v) is 5.06. The summed E-state index contributed by atoms with van der Waals surface area (Å²) < 4.78 is 0. The van der Waals surface area contributed by atoms with Gasteiger partial charge in [-0.25, -0.2) is 4.79 Å². The summed E-state index contributed by atoms with van der Waals surface area (Å²) in [6.45, 7) is 7.78. The van der Waals surface area contributed by atoms with Gasteiger partial charge in [-0.3, -0.25) is 0 Å². The summed E-state index contributed by atoms with van der Waals surface area (Å²) in [4.78, 5) is 11.8. The molecule has 0 spiro atoms. The van der Waals surface area contributed by atoms with Gasteiger partial charge in [0.2, 0.25) is 0 Å². The number of nitrogens with one attached hydrogen (secondary N) is 2. The molecule has 0 saturated heterocycles. The molecule has 0 heterocycles. The van der Waals surface area contributed by atoms with E-state index in [1.165, 1.54) is 0 Å². The summed E-state index contributed by atoms with van der Waals surface area (Å²) in [7, 11) is 0. The Morgan fingerprint density at radius 2 is 2.00 bits per heavy atom. The van der Waals surface area contributed by atoms with E-state index in [-0.39, 0.29) is 17.6 Å². The summed E-state index contributed by atoms with van der Waals surface area (Å²) in [5.74, 6) is 0. The maximum atomic E-state index is 11.5. The van der Waals surface area contributed by atoms with Crippen molar-refractivity contribution in [2.24, 2.45) is 5.73 Å². The monoisotopic (exact) mass is 231 g/mol. The van der Waals surface area contributed by atoms with Gasteiger partial charge < -0.3 is 16.4 Å². The summed E-state index contributed by atoms with van der Waals surface area (Å²) >= 11 is 4.88. The molecule has 1 unspecified atom stereocenters. The molecule has 0 aliphatic rings. The summed E-state index contributed by atoms with van der Waals surface area (Å²) in [6, 6.07) is -0.443. The first-order chi connectivity index (χ1) is 6.76. The number of nitrogens with two attached hydrogens (primary N) is 1. The number of carbonyl (C=O) groups excluding carboxylic acids is 1. The van der Waals surface area contributed by atoms with E-state index >= 15 is 0 Å². The normalized spacial score (nSPS) is 13.1. The van der Waals surface area contributed by atoms with Crippen LogP contribution in [0.1, 0.15) is 40.5 Å². The Balaban J connectivity index is 4.18. The maximum Gasteiger partial charge on any atom is 0.315 e. The largest absolute Gasteiger partial charge is 0.392 e. The van der Waals surface area contributed by atoms with Crippen LogP contribution in [0.3, 0.4) is 0 Å². The Morgan fingerprint density at radius 1 is 1.47 bits per heavy atom. The molecule has 5 heteroatoms. The molecule has 0 radical (unpaired) electrons. The van der Waals surface area contributed by atoms with Crippen molar-refractivity contribution in [2.75, 3.05) is 0 Å².